The third-order valence-corrected chi connectivity index (χ3v) is 6.91. The van der Waals surface area contributed by atoms with Crippen LogP contribution in [-0.2, 0) is 32.9 Å². The minimum Gasteiger partial charge on any atom is -0.485 e. The lowest BCUT2D eigenvalue weighted by atomic mass is 10.0. The molecule has 0 aliphatic heterocycles. The molecule has 1 N–H and O–H groups in total. The first-order chi connectivity index (χ1) is 16.8. The molecule has 1 aromatic heterocycles. The molecule has 1 heterocycles. The highest BCUT2D eigenvalue weighted by Gasteiger charge is 2.20. The van der Waals surface area contributed by atoms with E-state index in [1.54, 1.807) is 24.3 Å². The first-order valence-corrected chi connectivity index (χ1v) is 12.8. The zero-order valence-corrected chi connectivity index (χ0v) is 21.9. The van der Waals surface area contributed by atoms with E-state index in [0.29, 0.717) is 11.1 Å². The molecule has 36 heavy (non-hydrogen) atoms. The summed E-state index contributed by atoms with van der Waals surface area (Å²) in [6.07, 6.45) is 1.38. The number of aromatic nitrogens is 2. The third kappa shape index (κ3) is 6.51. The fourth-order valence-electron chi connectivity index (χ4n) is 3.34. The average molecular weight is 535 g/mol. The Hall–Kier alpha value is -3.21. The van der Waals surface area contributed by atoms with Crippen LogP contribution >= 0.6 is 11.6 Å². The lowest BCUT2D eigenvalue weighted by Gasteiger charge is -2.21. The van der Waals surface area contributed by atoms with E-state index >= 15 is 0 Å². The van der Waals surface area contributed by atoms with E-state index in [1.807, 2.05) is 27.7 Å². The maximum atomic E-state index is 12.5. The predicted molar refractivity (Wildman–Crippen MR) is 134 cm³/mol. The van der Waals surface area contributed by atoms with Crippen LogP contribution in [0.15, 0.2) is 58.4 Å². The summed E-state index contributed by atoms with van der Waals surface area (Å²) in [5, 5.41) is 13.5. The SMILES string of the molecule is Cc1ccc(S(=O)(=O)OCCc2cc(COc3cnn(C(C)(C)C)c(=O)c3Cl)ccc2C(=O)O)cc1. The van der Waals surface area contributed by atoms with Gasteiger partial charge >= 0.3 is 5.97 Å². The first kappa shape index (κ1) is 27.4. The molecule has 0 fully saturated rings. The van der Waals surface area contributed by atoms with Crippen molar-refractivity contribution in [1.29, 1.82) is 0 Å². The number of halogens is 1. The number of aromatic carboxylic acids is 1. The van der Waals surface area contributed by atoms with Crippen LogP contribution in [0.1, 0.15) is 47.8 Å². The summed E-state index contributed by atoms with van der Waals surface area (Å²) >= 11 is 6.19. The van der Waals surface area contributed by atoms with Crippen molar-refractivity contribution >= 4 is 27.7 Å². The van der Waals surface area contributed by atoms with Crippen LogP contribution in [0.4, 0.5) is 0 Å². The molecule has 9 nitrogen and oxygen atoms in total. The number of hydrogen-bond acceptors (Lipinski definition) is 7. The Bertz CT molecular complexity index is 1430. The van der Waals surface area contributed by atoms with Gasteiger partial charge < -0.3 is 9.84 Å². The molecule has 192 valence electrons. The Morgan fingerprint density at radius 1 is 1.14 bits per heavy atom. The van der Waals surface area contributed by atoms with Gasteiger partial charge in [0.1, 0.15) is 6.61 Å². The predicted octanol–water partition coefficient (Wildman–Crippen LogP) is 4.19. The number of ether oxygens (including phenoxy) is 1. The Morgan fingerprint density at radius 3 is 2.42 bits per heavy atom. The second kappa shape index (κ2) is 10.8. The molecule has 0 bridgehead atoms. The van der Waals surface area contributed by atoms with E-state index in [0.717, 1.165) is 5.56 Å². The molecule has 0 atom stereocenters. The van der Waals surface area contributed by atoms with E-state index in [-0.39, 0.29) is 40.9 Å². The molecule has 0 aliphatic carbocycles. The van der Waals surface area contributed by atoms with Crippen molar-refractivity contribution in [2.75, 3.05) is 6.61 Å². The van der Waals surface area contributed by atoms with Gasteiger partial charge in [0.25, 0.3) is 15.7 Å². The normalized spacial score (nSPS) is 11.9. The number of hydrogen-bond donors (Lipinski definition) is 1. The molecule has 3 rings (SSSR count). The molecule has 0 unspecified atom stereocenters. The van der Waals surface area contributed by atoms with Crippen LogP contribution < -0.4 is 10.3 Å². The second-order valence-corrected chi connectivity index (χ2v) is 11.1. The zero-order chi connectivity index (χ0) is 26.7. The molecule has 0 aliphatic rings. The van der Waals surface area contributed by atoms with Gasteiger partial charge in [-0.3, -0.25) is 8.98 Å². The number of carboxylic acids is 1. The summed E-state index contributed by atoms with van der Waals surface area (Å²) in [7, 11) is -3.98. The van der Waals surface area contributed by atoms with Gasteiger partial charge in [0.15, 0.2) is 10.8 Å². The summed E-state index contributed by atoms with van der Waals surface area (Å²) < 4.78 is 36.9. The molecular formula is C25H27ClN2O7S. The minimum atomic E-state index is -3.98. The van der Waals surface area contributed by atoms with Gasteiger partial charge in [-0.15, -0.1) is 0 Å². The van der Waals surface area contributed by atoms with Crippen molar-refractivity contribution in [3.05, 3.63) is 86.3 Å². The molecule has 0 spiro atoms. The van der Waals surface area contributed by atoms with Crippen molar-refractivity contribution in [1.82, 2.24) is 9.78 Å². The van der Waals surface area contributed by atoms with Crippen LogP contribution in [-0.4, -0.2) is 35.9 Å². The highest BCUT2D eigenvalue weighted by Crippen LogP contribution is 2.23. The van der Waals surface area contributed by atoms with E-state index in [2.05, 4.69) is 5.10 Å². The van der Waals surface area contributed by atoms with E-state index in [4.69, 9.17) is 20.5 Å². The standard InChI is InChI=1S/C25H27ClN2O7S/c1-16-5-8-19(9-6-16)36(32,33)35-12-11-18-13-17(7-10-20(18)24(30)31)15-34-21-14-27-28(25(2,3)4)23(29)22(21)26/h5-10,13-14H,11-12,15H2,1-4H3,(H,30,31). The maximum absolute atomic E-state index is 12.5. The van der Waals surface area contributed by atoms with Crippen molar-refractivity contribution in [2.45, 2.75) is 51.2 Å². The number of nitrogens with zero attached hydrogens (tertiary/aromatic N) is 2. The summed E-state index contributed by atoms with van der Waals surface area (Å²) in [6.45, 7) is 7.03. The van der Waals surface area contributed by atoms with Crippen molar-refractivity contribution in [2.24, 2.45) is 0 Å². The molecule has 0 saturated carbocycles. The number of carboxylic acid groups (broad SMARTS) is 1. The highest BCUT2D eigenvalue weighted by molar-refractivity contribution is 7.86. The summed E-state index contributed by atoms with van der Waals surface area (Å²) in [5.74, 6) is -1.06. The summed E-state index contributed by atoms with van der Waals surface area (Å²) in [4.78, 5) is 24.2. The fourth-order valence-corrected chi connectivity index (χ4v) is 4.44. The van der Waals surface area contributed by atoms with Crippen LogP contribution in [0.2, 0.25) is 5.02 Å². The molecule has 0 saturated heterocycles. The minimum absolute atomic E-state index is 0.0163. The van der Waals surface area contributed by atoms with Gasteiger partial charge in [0.2, 0.25) is 0 Å². The number of carbonyl (C=O) groups is 1. The molecule has 0 radical (unpaired) electrons. The maximum Gasteiger partial charge on any atom is 0.335 e. The quantitative estimate of drug-likeness (QED) is 0.405. The monoisotopic (exact) mass is 534 g/mol. The highest BCUT2D eigenvalue weighted by atomic mass is 35.5. The smallest absolute Gasteiger partial charge is 0.335 e. The first-order valence-electron chi connectivity index (χ1n) is 11.0. The van der Waals surface area contributed by atoms with E-state index < -0.39 is 27.2 Å². The topological polar surface area (TPSA) is 125 Å². The Labute approximate surface area is 214 Å². The number of aryl methyl sites for hydroxylation is 1. The summed E-state index contributed by atoms with van der Waals surface area (Å²) in [5.41, 5.74) is 0.836. The van der Waals surface area contributed by atoms with E-state index in [9.17, 15) is 23.1 Å². The molecular weight excluding hydrogens is 508 g/mol. The number of benzene rings is 2. The fraction of sp³-hybridized carbons (Fsp3) is 0.320. The molecule has 2 aromatic carbocycles. The Morgan fingerprint density at radius 2 is 1.81 bits per heavy atom. The van der Waals surface area contributed by atoms with Gasteiger partial charge in [-0.2, -0.15) is 13.5 Å². The molecule has 0 amide bonds. The lowest BCUT2D eigenvalue weighted by Crippen LogP contribution is -2.36. The molecule has 3 aromatic rings. The van der Waals surface area contributed by atoms with Crippen molar-refractivity contribution in [3.8, 4) is 5.75 Å². The lowest BCUT2D eigenvalue weighted by molar-refractivity contribution is 0.0695. The van der Waals surface area contributed by atoms with Crippen LogP contribution in [0, 0.1) is 6.92 Å². The van der Waals surface area contributed by atoms with E-state index in [1.165, 1.54) is 29.1 Å². The summed E-state index contributed by atoms with van der Waals surface area (Å²) in [6, 6.07) is 10.8. The van der Waals surface area contributed by atoms with Crippen LogP contribution in [0.3, 0.4) is 0 Å². The van der Waals surface area contributed by atoms with Gasteiger partial charge in [0.05, 0.1) is 28.8 Å². The number of rotatable bonds is 9. The van der Waals surface area contributed by atoms with Crippen molar-refractivity contribution in [3.63, 3.8) is 0 Å². The van der Waals surface area contributed by atoms with Crippen LogP contribution in [0.25, 0.3) is 0 Å². The zero-order valence-electron chi connectivity index (χ0n) is 20.3. The average Bonchev–Trinajstić information content (AvgIpc) is 2.79. The molecule has 11 heteroatoms. The van der Waals surface area contributed by atoms with Crippen LogP contribution in [0.5, 0.6) is 5.75 Å². The Balaban J connectivity index is 1.74. The second-order valence-electron chi connectivity index (χ2n) is 9.14. The third-order valence-electron chi connectivity index (χ3n) is 5.24. The largest absolute Gasteiger partial charge is 0.485 e. The van der Waals surface area contributed by atoms with Gasteiger partial charge in [-0.25, -0.2) is 9.48 Å². The van der Waals surface area contributed by atoms with Gasteiger partial charge in [-0.05, 0) is 63.4 Å². The Kier molecular flexibility index (Phi) is 8.22. The van der Waals surface area contributed by atoms with Gasteiger partial charge in [-0.1, -0.05) is 41.4 Å². The van der Waals surface area contributed by atoms with Crippen molar-refractivity contribution < 1.29 is 27.2 Å². The van der Waals surface area contributed by atoms with Gasteiger partial charge in [0, 0.05) is 0 Å².